The first-order chi connectivity index (χ1) is 14.1. The Morgan fingerprint density at radius 3 is 2.21 bits per heavy atom. The van der Waals surface area contributed by atoms with Gasteiger partial charge in [-0.05, 0) is 47.5 Å². The van der Waals surface area contributed by atoms with Gasteiger partial charge in [0.05, 0.1) is 18.2 Å². The van der Waals surface area contributed by atoms with Crippen LogP contribution in [0.3, 0.4) is 0 Å². The summed E-state index contributed by atoms with van der Waals surface area (Å²) in [4.78, 5) is 15.1. The van der Waals surface area contributed by atoms with Crippen molar-refractivity contribution in [3.05, 3.63) is 106 Å². The predicted octanol–water partition coefficient (Wildman–Crippen LogP) is 4.65. The van der Waals surface area contributed by atoms with E-state index in [1.54, 1.807) is 12.1 Å². The van der Waals surface area contributed by atoms with Crippen LogP contribution in [0.4, 0.5) is 0 Å². The molecule has 1 aliphatic heterocycles. The van der Waals surface area contributed by atoms with Crippen LogP contribution in [0.25, 0.3) is 0 Å². The molecule has 140 valence electrons. The smallest absolute Gasteiger partial charge is 0.247 e. The van der Waals surface area contributed by atoms with E-state index in [9.17, 15) is 4.79 Å². The predicted molar refractivity (Wildman–Crippen MR) is 116 cm³/mol. The van der Waals surface area contributed by atoms with Crippen LogP contribution in [0.2, 0.25) is 0 Å². The molecule has 29 heavy (non-hydrogen) atoms. The summed E-state index contributed by atoms with van der Waals surface area (Å²) >= 11 is 3.45. The second kappa shape index (κ2) is 7.95. The number of nitriles is 1. The molecule has 1 saturated heterocycles. The largest absolute Gasteiger partial charge is 0.334 e. The number of carbonyl (C=O) groups excluding carboxylic acids is 1. The van der Waals surface area contributed by atoms with Crippen molar-refractivity contribution in [1.82, 2.24) is 4.90 Å². The van der Waals surface area contributed by atoms with E-state index in [4.69, 9.17) is 5.26 Å². The molecule has 0 aromatic heterocycles. The first kappa shape index (κ1) is 19.0. The average Bonchev–Trinajstić information content (AvgIpc) is 2.77. The molecule has 0 unspecified atom stereocenters. The lowest BCUT2D eigenvalue weighted by Gasteiger charge is -2.46. The molecule has 4 rings (SSSR count). The van der Waals surface area contributed by atoms with Crippen molar-refractivity contribution in [3.8, 4) is 17.9 Å². The van der Waals surface area contributed by atoms with Gasteiger partial charge in [0, 0.05) is 16.6 Å². The van der Waals surface area contributed by atoms with Gasteiger partial charge in [0.2, 0.25) is 5.91 Å². The van der Waals surface area contributed by atoms with Crippen LogP contribution in [0, 0.1) is 23.2 Å². The van der Waals surface area contributed by atoms with Gasteiger partial charge in [-0.25, -0.2) is 0 Å². The van der Waals surface area contributed by atoms with Crippen LogP contribution >= 0.6 is 15.9 Å². The Bertz CT molecular complexity index is 1140. The van der Waals surface area contributed by atoms with E-state index in [1.807, 2.05) is 71.6 Å². The zero-order valence-corrected chi connectivity index (χ0v) is 17.2. The molecule has 1 fully saturated rings. The molecule has 0 radical (unpaired) electrons. The van der Waals surface area contributed by atoms with E-state index in [1.165, 1.54) is 0 Å². The summed E-state index contributed by atoms with van der Waals surface area (Å²) in [5, 5.41) is 8.95. The summed E-state index contributed by atoms with van der Waals surface area (Å²) in [6.07, 6.45) is 0. The van der Waals surface area contributed by atoms with Gasteiger partial charge in [-0.2, -0.15) is 5.26 Å². The number of hydrogen-bond donors (Lipinski definition) is 0. The zero-order valence-electron chi connectivity index (χ0n) is 15.6. The van der Waals surface area contributed by atoms with Crippen LogP contribution < -0.4 is 0 Å². The SMILES string of the molecule is N#Cc1ccc(C#C[C@@]2(c3ccc(Br)cc3)CN(Cc3ccccc3)C2=O)cc1. The molecular formula is C25H17BrN2O. The molecule has 3 aromatic rings. The highest BCUT2D eigenvalue weighted by Crippen LogP contribution is 2.37. The highest BCUT2D eigenvalue weighted by atomic mass is 79.9. The molecule has 1 amide bonds. The Balaban J connectivity index is 1.65. The fourth-order valence-corrected chi connectivity index (χ4v) is 3.72. The van der Waals surface area contributed by atoms with E-state index >= 15 is 0 Å². The Labute approximate surface area is 178 Å². The van der Waals surface area contributed by atoms with E-state index in [-0.39, 0.29) is 5.91 Å². The van der Waals surface area contributed by atoms with E-state index in [2.05, 4.69) is 33.8 Å². The molecule has 0 aliphatic carbocycles. The fourth-order valence-electron chi connectivity index (χ4n) is 3.46. The van der Waals surface area contributed by atoms with Crippen molar-refractivity contribution in [2.75, 3.05) is 6.54 Å². The Kier molecular flexibility index (Phi) is 5.21. The van der Waals surface area contributed by atoms with Crippen molar-refractivity contribution in [2.45, 2.75) is 12.0 Å². The minimum atomic E-state index is -0.844. The highest BCUT2D eigenvalue weighted by Gasteiger charge is 2.52. The summed E-state index contributed by atoms with van der Waals surface area (Å²) in [5.41, 5.74) is 2.53. The molecule has 1 heterocycles. The van der Waals surface area contributed by atoms with Gasteiger partial charge in [-0.15, -0.1) is 0 Å². The molecule has 4 heteroatoms. The number of carbonyl (C=O) groups is 1. The Hall–Kier alpha value is -3.34. The minimum Gasteiger partial charge on any atom is -0.334 e. The molecular weight excluding hydrogens is 424 g/mol. The van der Waals surface area contributed by atoms with Crippen molar-refractivity contribution in [2.24, 2.45) is 0 Å². The number of benzene rings is 3. The summed E-state index contributed by atoms with van der Waals surface area (Å²) in [5.74, 6) is 6.41. The molecule has 3 nitrogen and oxygen atoms in total. The number of halogens is 1. The van der Waals surface area contributed by atoms with E-state index in [0.717, 1.165) is 21.2 Å². The first-order valence-corrected chi connectivity index (χ1v) is 10.0. The van der Waals surface area contributed by atoms with Crippen LogP contribution in [-0.4, -0.2) is 17.4 Å². The topological polar surface area (TPSA) is 44.1 Å². The lowest BCUT2D eigenvalue weighted by atomic mass is 9.73. The first-order valence-electron chi connectivity index (χ1n) is 9.23. The van der Waals surface area contributed by atoms with Crippen molar-refractivity contribution in [1.29, 1.82) is 5.26 Å². The van der Waals surface area contributed by atoms with E-state index < -0.39 is 5.41 Å². The number of amides is 1. The van der Waals surface area contributed by atoms with Gasteiger partial charge in [0.15, 0.2) is 5.41 Å². The van der Waals surface area contributed by atoms with E-state index in [0.29, 0.717) is 18.7 Å². The molecule has 0 saturated carbocycles. The fraction of sp³-hybridized carbons (Fsp3) is 0.120. The van der Waals surface area contributed by atoms with Crippen LogP contribution in [0.15, 0.2) is 83.3 Å². The number of hydrogen-bond acceptors (Lipinski definition) is 2. The molecule has 1 atom stereocenters. The zero-order chi connectivity index (χ0) is 20.3. The van der Waals surface area contributed by atoms with Crippen LogP contribution in [-0.2, 0) is 16.8 Å². The Morgan fingerprint density at radius 1 is 0.931 bits per heavy atom. The van der Waals surface area contributed by atoms with Gasteiger partial charge in [-0.1, -0.05) is 70.2 Å². The summed E-state index contributed by atoms with van der Waals surface area (Å²) in [7, 11) is 0. The maximum Gasteiger partial charge on any atom is 0.247 e. The third-order valence-electron chi connectivity index (χ3n) is 5.07. The molecule has 1 aliphatic rings. The minimum absolute atomic E-state index is 0.0184. The number of rotatable bonds is 3. The molecule has 0 N–H and O–H groups in total. The lowest BCUT2D eigenvalue weighted by Crippen LogP contribution is -2.63. The monoisotopic (exact) mass is 440 g/mol. The van der Waals surface area contributed by atoms with Gasteiger partial charge in [0.1, 0.15) is 0 Å². The summed E-state index contributed by atoms with van der Waals surface area (Å²) in [6, 6.07) is 27.0. The second-order valence-electron chi connectivity index (χ2n) is 7.00. The molecule has 0 bridgehead atoms. The van der Waals surface area contributed by atoms with Crippen LogP contribution in [0.5, 0.6) is 0 Å². The lowest BCUT2D eigenvalue weighted by molar-refractivity contribution is -0.148. The maximum atomic E-state index is 13.3. The van der Waals surface area contributed by atoms with Crippen molar-refractivity contribution >= 4 is 21.8 Å². The van der Waals surface area contributed by atoms with Gasteiger partial charge in [-0.3, -0.25) is 4.79 Å². The summed E-state index contributed by atoms with van der Waals surface area (Å²) in [6.45, 7) is 1.13. The number of nitrogens with zero attached hydrogens (tertiary/aromatic N) is 2. The van der Waals surface area contributed by atoms with Crippen LogP contribution in [0.1, 0.15) is 22.3 Å². The quantitative estimate of drug-likeness (QED) is 0.439. The number of likely N-dealkylation sites (tertiary alicyclic amines) is 1. The van der Waals surface area contributed by atoms with Gasteiger partial charge >= 0.3 is 0 Å². The average molecular weight is 441 g/mol. The third-order valence-corrected chi connectivity index (χ3v) is 5.60. The van der Waals surface area contributed by atoms with Gasteiger partial charge < -0.3 is 4.90 Å². The van der Waals surface area contributed by atoms with Gasteiger partial charge in [0.25, 0.3) is 0 Å². The normalized spacial score (nSPS) is 17.7. The number of β-lactam (4-membered cyclic amide) rings is 1. The standard InChI is InChI=1S/C25H17BrN2O/c26-23-12-10-22(11-13-23)25(15-14-19-6-8-20(16-27)9-7-19)18-28(24(25)29)17-21-4-2-1-3-5-21/h1-13H,17-18H2/t25-/m0/s1. The molecule has 3 aromatic carbocycles. The molecule has 0 spiro atoms. The highest BCUT2D eigenvalue weighted by molar-refractivity contribution is 9.10. The maximum absolute atomic E-state index is 13.3. The summed E-state index contributed by atoms with van der Waals surface area (Å²) < 4.78 is 0.962. The second-order valence-corrected chi connectivity index (χ2v) is 7.91. The van der Waals surface area contributed by atoms with Crippen molar-refractivity contribution < 1.29 is 4.79 Å². The van der Waals surface area contributed by atoms with Crippen molar-refractivity contribution in [3.63, 3.8) is 0 Å². The Morgan fingerprint density at radius 2 is 1.59 bits per heavy atom. The third kappa shape index (κ3) is 3.81.